The molecule has 3 atom stereocenters. The molecule has 1 fully saturated rings. The Kier molecular flexibility index (Phi) is 8.99. The lowest BCUT2D eigenvalue weighted by Crippen LogP contribution is -2.42. The third kappa shape index (κ3) is 7.26. The number of carbonyl (C=O) groups excluding carboxylic acids is 2. The number of carboxylic acids is 1. The second kappa shape index (κ2) is 11.5. The molecular formula is C19H27N3O8. The number of likely N-dealkylation sites (N-methyl/N-ethyl adjacent to an activating group) is 1. The molecule has 5 N–H and O–H groups in total. The minimum atomic E-state index is -1.19. The number of aliphatic hydroxyl groups excluding tert-OH is 1. The van der Waals surface area contributed by atoms with Crippen LogP contribution in [0.25, 0.3) is 0 Å². The van der Waals surface area contributed by atoms with E-state index in [1.165, 1.54) is 7.11 Å². The Labute approximate surface area is 173 Å². The van der Waals surface area contributed by atoms with Crippen LogP contribution in [0.15, 0.2) is 18.2 Å². The van der Waals surface area contributed by atoms with Gasteiger partial charge in [-0.2, -0.15) is 0 Å². The molecule has 0 spiro atoms. The first-order valence-corrected chi connectivity index (χ1v) is 9.38. The third-order valence-corrected chi connectivity index (χ3v) is 4.22. The largest absolute Gasteiger partial charge is 0.479 e. The molecule has 1 heterocycles. The molecular weight excluding hydrogens is 398 g/mol. The van der Waals surface area contributed by atoms with E-state index in [0.29, 0.717) is 5.69 Å². The predicted molar refractivity (Wildman–Crippen MR) is 105 cm³/mol. The van der Waals surface area contributed by atoms with Crippen LogP contribution in [0.5, 0.6) is 5.75 Å². The standard InChI is InChI=1S/C19H27N3O8/c1-20-8-16(24)21-9-17(25)22-13-4-3-11(10-28-2)5-14(13)29-18-7-12(23)6-15(30-18)19(26)27/h3-5,12,15,18,20,23H,6-10H2,1-2H3,(H,21,24)(H,22,25)(H,26,27). The zero-order valence-corrected chi connectivity index (χ0v) is 16.8. The number of benzene rings is 1. The highest BCUT2D eigenvalue weighted by atomic mass is 16.7. The molecule has 1 aliphatic heterocycles. The maximum absolute atomic E-state index is 12.2. The van der Waals surface area contributed by atoms with Gasteiger partial charge < -0.3 is 40.4 Å². The summed E-state index contributed by atoms with van der Waals surface area (Å²) in [6.07, 6.45) is -3.06. The van der Waals surface area contributed by atoms with E-state index in [1.807, 2.05) is 0 Å². The fourth-order valence-corrected chi connectivity index (χ4v) is 2.86. The average molecular weight is 425 g/mol. The van der Waals surface area contributed by atoms with Gasteiger partial charge in [-0.3, -0.25) is 9.59 Å². The zero-order chi connectivity index (χ0) is 22.1. The lowest BCUT2D eigenvalue weighted by Gasteiger charge is -2.31. The minimum Gasteiger partial charge on any atom is -0.479 e. The molecule has 0 aromatic heterocycles. The normalized spacial score (nSPS) is 21.0. The third-order valence-electron chi connectivity index (χ3n) is 4.22. The second-order valence-corrected chi connectivity index (χ2v) is 6.75. The van der Waals surface area contributed by atoms with Gasteiger partial charge in [-0.25, -0.2) is 4.79 Å². The highest BCUT2D eigenvalue weighted by Gasteiger charge is 2.34. The number of anilines is 1. The number of amides is 2. The topological polar surface area (TPSA) is 155 Å². The SMILES string of the molecule is CNCC(=O)NCC(=O)Nc1ccc(COC)cc1OC1CC(O)CC(C(=O)O)O1. The maximum Gasteiger partial charge on any atom is 0.333 e. The molecule has 2 rings (SSSR count). The first-order valence-electron chi connectivity index (χ1n) is 9.38. The van der Waals surface area contributed by atoms with Crippen molar-refractivity contribution in [2.45, 2.75) is 37.9 Å². The molecule has 2 amide bonds. The van der Waals surface area contributed by atoms with Crippen molar-refractivity contribution in [2.24, 2.45) is 0 Å². The van der Waals surface area contributed by atoms with Gasteiger partial charge in [-0.05, 0) is 24.7 Å². The van der Waals surface area contributed by atoms with Crippen molar-refractivity contribution < 1.29 is 38.8 Å². The van der Waals surface area contributed by atoms with Gasteiger partial charge in [0, 0.05) is 20.0 Å². The lowest BCUT2D eigenvalue weighted by atomic mass is 10.1. The molecule has 166 valence electrons. The second-order valence-electron chi connectivity index (χ2n) is 6.75. The van der Waals surface area contributed by atoms with Gasteiger partial charge in [0.05, 0.1) is 31.5 Å². The summed E-state index contributed by atoms with van der Waals surface area (Å²) in [4.78, 5) is 34.9. The van der Waals surface area contributed by atoms with Crippen LogP contribution < -0.4 is 20.7 Å². The number of ether oxygens (including phenoxy) is 3. The minimum absolute atomic E-state index is 0.0329. The van der Waals surface area contributed by atoms with Crippen LogP contribution in [0.2, 0.25) is 0 Å². The molecule has 3 unspecified atom stereocenters. The van der Waals surface area contributed by atoms with Gasteiger partial charge in [0.25, 0.3) is 0 Å². The Bertz CT molecular complexity index is 757. The van der Waals surface area contributed by atoms with Crippen molar-refractivity contribution in [3.63, 3.8) is 0 Å². The van der Waals surface area contributed by atoms with E-state index in [-0.39, 0.29) is 44.2 Å². The number of methoxy groups -OCH3 is 1. The average Bonchev–Trinajstić information content (AvgIpc) is 2.68. The highest BCUT2D eigenvalue weighted by molar-refractivity contribution is 5.95. The van der Waals surface area contributed by atoms with Gasteiger partial charge in [0.2, 0.25) is 18.1 Å². The van der Waals surface area contributed by atoms with Crippen molar-refractivity contribution in [2.75, 3.05) is 32.6 Å². The number of nitrogens with one attached hydrogen (secondary N) is 3. The summed E-state index contributed by atoms with van der Waals surface area (Å²) in [6.45, 7) is 0.134. The molecule has 0 radical (unpaired) electrons. The Morgan fingerprint density at radius 2 is 1.97 bits per heavy atom. The zero-order valence-electron chi connectivity index (χ0n) is 16.8. The van der Waals surface area contributed by atoms with E-state index in [4.69, 9.17) is 19.3 Å². The maximum atomic E-state index is 12.2. The number of aliphatic carboxylic acids is 1. The van der Waals surface area contributed by atoms with E-state index in [9.17, 15) is 19.5 Å². The van der Waals surface area contributed by atoms with E-state index < -0.39 is 30.4 Å². The van der Waals surface area contributed by atoms with Crippen molar-refractivity contribution in [1.82, 2.24) is 10.6 Å². The predicted octanol–water partition coefficient (Wildman–Crippen LogP) is -0.563. The molecule has 11 heteroatoms. The summed E-state index contributed by atoms with van der Waals surface area (Å²) in [5, 5.41) is 26.9. The van der Waals surface area contributed by atoms with Crippen molar-refractivity contribution >= 4 is 23.5 Å². The number of aliphatic hydroxyl groups is 1. The van der Waals surface area contributed by atoms with Crippen molar-refractivity contribution in [3.05, 3.63) is 23.8 Å². The summed E-state index contributed by atoms with van der Waals surface area (Å²) in [5.41, 5.74) is 1.05. The van der Waals surface area contributed by atoms with E-state index in [0.717, 1.165) is 5.56 Å². The molecule has 1 aromatic rings. The molecule has 30 heavy (non-hydrogen) atoms. The Morgan fingerprint density at radius 1 is 1.20 bits per heavy atom. The number of carboxylic acid groups (broad SMARTS) is 1. The van der Waals surface area contributed by atoms with Gasteiger partial charge in [-0.15, -0.1) is 0 Å². The molecule has 11 nitrogen and oxygen atoms in total. The van der Waals surface area contributed by atoms with Gasteiger partial charge in [0.1, 0.15) is 5.75 Å². The van der Waals surface area contributed by atoms with Crippen molar-refractivity contribution in [1.29, 1.82) is 0 Å². The fourth-order valence-electron chi connectivity index (χ4n) is 2.86. The Balaban J connectivity index is 2.11. The van der Waals surface area contributed by atoms with E-state index in [2.05, 4.69) is 16.0 Å². The smallest absolute Gasteiger partial charge is 0.333 e. The van der Waals surface area contributed by atoms with E-state index >= 15 is 0 Å². The molecule has 0 saturated carbocycles. The van der Waals surface area contributed by atoms with Gasteiger partial charge in [0.15, 0.2) is 6.10 Å². The van der Waals surface area contributed by atoms with Crippen LogP contribution in [0.4, 0.5) is 5.69 Å². The van der Waals surface area contributed by atoms with Crippen LogP contribution in [0, 0.1) is 0 Å². The van der Waals surface area contributed by atoms with Crippen LogP contribution in [-0.2, 0) is 30.5 Å². The number of hydrogen-bond donors (Lipinski definition) is 5. The van der Waals surface area contributed by atoms with E-state index in [1.54, 1.807) is 25.2 Å². The molecule has 0 aliphatic carbocycles. The van der Waals surface area contributed by atoms with Crippen molar-refractivity contribution in [3.8, 4) is 5.75 Å². The highest BCUT2D eigenvalue weighted by Crippen LogP contribution is 2.30. The van der Waals surface area contributed by atoms with Crippen LogP contribution in [-0.4, -0.2) is 73.7 Å². The summed E-state index contributed by atoms with van der Waals surface area (Å²) in [7, 11) is 3.14. The lowest BCUT2D eigenvalue weighted by molar-refractivity contribution is -0.195. The van der Waals surface area contributed by atoms with Crippen LogP contribution >= 0.6 is 0 Å². The molecule has 1 aromatic carbocycles. The van der Waals surface area contributed by atoms with Crippen LogP contribution in [0.3, 0.4) is 0 Å². The number of rotatable bonds is 10. The molecule has 1 aliphatic rings. The Hall–Kier alpha value is -2.73. The summed E-state index contributed by atoms with van der Waals surface area (Å²) in [5.74, 6) is -1.77. The molecule has 1 saturated heterocycles. The van der Waals surface area contributed by atoms with Gasteiger partial charge >= 0.3 is 5.97 Å². The summed E-state index contributed by atoms with van der Waals surface area (Å²) in [6, 6.07) is 4.95. The monoisotopic (exact) mass is 425 g/mol. The fraction of sp³-hybridized carbons (Fsp3) is 0.526. The summed E-state index contributed by atoms with van der Waals surface area (Å²) >= 11 is 0. The quantitative estimate of drug-likeness (QED) is 0.331. The Morgan fingerprint density at radius 3 is 2.63 bits per heavy atom. The number of carbonyl (C=O) groups is 3. The van der Waals surface area contributed by atoms with Gasteiger partial charge in [-0.1, -0.05) is 6.07 Å². The van der Waals surface area contributed by atoms with Crippen LogP contribution in [0.1, 0.15) is 18.4 Å². The first kappa shape index (κ1) is 23.5. The summed E-state index contributed by atoms with van der Waals surface area (Å²) < 4.78 is 16.3. The first-order chi connectivity index (χ1) is 14.3. The number of hydrogen-bond acceptors (Lipinski definition) is 8. The molecule has 0 bridgehead atoms.